The van der Waals surface area contributed by atoms with Crippen LogP contribution in [0.1, 0.15) is 17.5 Å². The van der Waals surface area contributed by atoms with Gasteiger partial charge in [-0.25, -0.2) is 4.39 Å². The molecule has 7 heteroatoms. The SMILES string of the molecule is O=C1NC(=O)C(c2cn(CCCO)c3cc(F)ccc23)=C1c1c[nH]c2ccccc12. The van der Waals surface area contributed by atoms with E-state index in [1.54, 1.807) is 23.0 Å². The molecule has 0 unspecified atom stereocenters. The lowest BCUT2D eigenvalue weighted by atomic mass is 9.95. The predicted molar refractivity (Wildman–Crippen MR) is 112 cm³/mol. The fourth-order valence-electron chi connectivity index (χ4n) is 4.14. The number of aromatic nitrogens is 2. The van der Waals surface area contributed by atoms with Gasteiger partial charge in [0.15, 0.2) is 0 Å². The summed E-state index contributed by atoms with van der Waals surface area (Å²) in [6.07, 6.45) is 3.96. The highest BCUT2D eigenvalue weighted by atomic mass is 19.1. The van der Waals surface area contributed by atoms with E-state index in [1.807, 2.05) is 24.3 Å². The van der Waals surface area contributed by atoms with Crippen LogP contribution >= 0.6 is 0 Å². The summed E-state index contributed by atoms with van der Waals surface area (Å²) >= 11 is 0. The number of aromatic amines is 1. The molecule has 0 atom stereocenters. The van der Waals surface area contributed by atoms with E-state index in [-0.39, 0.29) is 12.2 Å². The number of carbonyl (C=O) groups excluding carboxylic acids is 2. The number of benzene rings is 2. The standard InChI is InChI=1S/C23H18FN3O3/c24-13-6-7-15-17(12-27(8-3-9-28)19(15)10-13)21-20(22(29)26-23(21)30)16-11-25-18-5-2-1-4-14(16)18/h1-2,4-7,10-12,25,28H,3,8-9H2,(H,26,29,30). The lowest BCUT2D eigenvalue weighted by molar-refractivity contribution is -0.122. The minimum atomic E-state index is -0.481. The highest BCUT2D eigenvalue weighted by Crippen LogP contribution is 2.38. The number of para-hydroxylation sites is 1. The maximum atomic E-state index is 13.9. The van der Waals surface area contributed by atoms with Crippen molar-refractivity contribution in [1.29, 1.82) is 0 Å². The number of rotatable bonds is 5. The zero-order valence-corrected chi connectivity index (χ0v) is 15.9. The first-order chi connectivity index (χ1) is 14.6. The first kappa shape index (κ1) is 18.3. The Kier molecular flexibility index (Phi) is 4.25. The van der Waals surface area contributed by atoms with Crippen molar-refractivity contribution in [3.8, 4) is 0 Å². The van der Waals surface area contributed by atoms with Crippen LogP contribution in [0.4, 0.5) is 4.39 Å². The summed E-state index contributed by atoms with van der Waals surface area (Å²) in [7, 11) is 0. The molecule has 30 heavy (non-hydrogen) atoms. The molecule has 3 heterocycles. The number of aryl methyl sites for hydroxylation is 1. The van der Waals surface area contributed by atoms with Crippen LogP contribution in [0.25, 0.3) is 33.0 Å². The lowest BCUT2D eigenvalue weighted by Gasteiger charge is -2.03. The predicted octanol–water partition coefficient (Wildman–Crippen LogP) is 3.21. The van der Waals surface area contributed by atoms with E-state index in [0.29, 0.717) is 40.6 Å². The highest BCUT2D eigenvalue weighted by Gasteiger charge is 2.35. The Bertz CT molecular complexity index is 1360. The molecule has 0 spiro atoms. The van der Waals surface area contributed by atoms with E-state index in [4.69, 9.17) is 0 Å². The van der Waals surface area contributed by atoms with Gasteiger partial charge >= 0.3 is 0 Å². The monoisotopic (exact) mass is 403 g/mol. The second kappa shape index (κ2) is 6.96. The second-order valence-corrected chi connectivity index (χ2v) is 7.26. The Morgan fingerprint density at radius 2 is 1.73 bits per heavy atom. The minimum absolute atomic E-state index is 0.00736. The van der Waals surface area contributed by atoms with Crippen LogP contribution in [0.15, 0.2) is 54.9 Å². The third kappa shape index (κ3) is 2.74. The van der Waals surface area contributed by atoms with Gasteiger partial charge in [0.25, 0.3) is 11.8 Å². The van der Waals surface area contributed by atoms with Gasteiger partial charge in [-0.15, -0.1) is 0 Å². The molecule has 4 aromatic rings. The third-order valence-corrected chi connectivity index (χ3v) is 5.46. The van der Waals surface area contributed by atoms with Gasteiger partial charge in [-0.2, -0.15) is 0 Å². The van der Waals surface area contributed by atoms with Crippen LogP contribution in [-0.2, 0) is 16.1 Å². The molecule has 0 bridgehead atoms. The smallest absolute Gasteiger partial charge is 0.259 e. The van der Waals surface area contributed by atoms with Crippen molar-refractivity contribution in [2.75, 3.05) is 6.61 Å². The molecule has 1 aliphatic heterocycles. The number of H-pyrrole nitrogens is 1. The number of imide groups is 1. The number of nitrogens with zero attached hydrogens (tertiary/aromatic N) is 1. The van der Waals surface area contributed by atoms with E-state index in [0.717, 1.165) is 10.9 Å². The Morgan fingerprint density at radius 1 is 0.967 bits per heavy atom. The van der Waals surface area contributed by atoms with Crippen LogP contribution in [0.2, 0.25) is 0 Å². The first-order valence-corrected chi connectivity index (χ1v) is 9.64. The van der Waals surface area contributed by atoms with Crippen molar-refractivity contribution in [2.45, 2.75) is 13.0 Å². The van der Waals surface area contributed by atoms with E-state index in [9.17, 15) is 19.1 Å². The summed E-state index contributed by atoms with van der Waals surface area (Å²) in [6, 6.07) is 11.9. The molecule has 150 valence electrons. The number of aliphatic hydroxyl groups is 1. The lowest BCUT2D eigenvalue weighted by Crippen LogP contribution is -2.22. The van der Waals surface area contributed by atoms with Crippen molar-refractivity contribution in [2.24, 2.45) is 0 Å². The molecule has 0 saturated heterocycles. The fourth-order valence-corrected chi connectivity index (χ4v) is 4.14. The quantitative estimate of drug-likeness (QED) is 0.447. The van der Waals surface area contributed by atoms with E-state index < -0.39 is 17.6 Å². The van der Waals surface area contributed by atoms with Crippen molar-refractivity contribution >= 4 is 44.8 Å². The van der Waals surface area contributed by atoms with Crippen molar-refractivity contribution in [1.82, 2.24) is 14.9 Å². The number of hydrogen-bond acceptors (Lipinski definition) is 3. The molecule has 3 N–H and O–H groups in total. The maximum absolute atomic E-state index is 13.9. The van der Waals surface area contributed by atoms with Crippen LogP contribution in [-0.4, -0.2) is 33.1 Å². The summed E-state index contributed by atoms with van der Waals surface area (Å²) in [5.74, 6) is -1.33. The molecule has 0 fully saturated rings. The highest BCUT2D eigenvalue weighted by molar-refractivity contribution is 6.50. The average molecular weight is 403 g/mol. The Labute approximate surface area is 170 Å². The van der Waals surface area contributed by atoms with Gasteiger partial charge in [0.05, 0.1) is 16.7 Å². The van der Waals surface area contributed by atoms with Gasteiger partial charge in [-0.1, -0.05) is 18.2 Å². The number of halogens is 1. The number of nitrogens with one attached hydrogen (secondary N) is 2. The van der Waals surface area contributed by atoms with Gasteiger partial charge in [0.1, 0.15) is 5.82 Å². The van der Waals surface area contributed by atoms with E-state index >= 15 is 0 Å². The number of aliphatic hydroxyl groups excluding tert-OH is 1. The van der Waals surface area contributed by atoms with E-state index in [1.165, 1.54) is 12.1 Å². The molecular weight excluding hydrogens is 385 g/mol. The van der Waals surface area contributed by atoms with Gasteiger partial charge in [-0.3, -0.25) is 14.9 Å². The molecule has 1 aliphatic rings. The number of amides is 2. The number of fused-ring (bicyclic) bond motifs is 2. The summed E-state index contributed by atoms with van der Waals surface area (Å²) in [4.78, 5) is 28.8. The normalized spacial score (nSPS) is 14.3. The maximum Gasteiger partial charge on any atom is 0.259 e. The molecule has 0 aliphatic carbocycles. The molecule has 2 amide bonds. The minimum Gasteiger partial charge on any atom is -0.396 e. The zero-order chi connectivity index (χ0) is 20.8. The number of carbonyl (C=O) groups is 2. The van der Waals surface area contributed by atoms with Crippen molar-refractivity contribution < 1.29 is 19.1 Å². The Balaban J connectivity index is 1.80. The Hall–Kier alpha value is -3.71. The molecular formula is C23H18FN3O3. The third-order valence-electron chi connectivity index (χ3n) is 5.46. The summed E-state index contributed by atoms with van der Waals surface area (Å²) in [6.45, 7) is 0.453. The summed E-state index contributed by atoms with van der Waals surface area (Å²) in [5.41, 5.74) is 3.23. The first-order valence-electron chi connectivity index (χ1n) is 9.64. The topological polar surface area (TPSA) is 87.1 Å². The fraction of sp³-hybridized carbons (Fsp3) is 0.130. The van der Waals surface area contributed by atoms with Gasteiger partial charge in [0, 0.05) is 53.0 Å². The van der Waals surface area contributed by atoms with Crippen LogP contribution in [0.5, 0.6) is 0 Å². The zero-order valence-electron chi connectivity index (χ0n) is 15.9. The van der Waals surface area contributed by atoms with Crippen molar-refractivity contribution in [3.05, 3.63) is 71.8 Å². The summed E-state index contributed by atoms with van der Waals surface area (Å²) < 4.78 is 15.7. The second-order valence-electron chi connectivity index (χ2n) is 7.26. The average Bonchev–Trinajstić information content (AvgIpc) is 3.39. The molecule has 5 rings (SSSR count). The van der Waals surface area contributed by atoms with Gasteiger partial charge in [0.2, 0.25) is 0 Å². The molecule has 0 radical (unpaired) electrons. The van der Waals surface area contributed by atoms with Crippen LogP contribution < -0.4 is 5.32 Å². The van der Waals surface area contributed by atoms with Crippen molar-refractivity contribution in [3.63, 3.8) is 0 Å². The van der Waals surface area contributed by atoms with Gasteiger partial charge in [-0.05, 0) is 30.7 Å². The Morgan fingerprint density at radius 3 is 2.53 bits per heavy atom. The van der Waals surface area contributed by atoms with E-state index in [2.05, 4.69) is 10.3 Å². The van der Waals surface area contributed by atoms with Crippen LogP contribution in [0, 0.1) is 5.82 Å². The molecule has 6 nitrogen and oxygen atoms in total. The molecule has 0 saturated carbocycles. The largest absolute Gasteiger partial charge is 0.396 e. The van der Waals surface area contributed by atoms with Gasteiger partial charge < -0.3 is 14.7 Å². The molecule has 2 aromatic heterocycles. The number of hydrogen-bond donors (Lipinski definition) is 3. The van der Waals surface area contributed by atoms with Crippen LogP contribution in [0.3, 0.4) is 0 Å². The molecule has 2 aromatic carbocycles. The summed E-state index contributed by atoms with van der Waals surface area (Å²) in [5, 5.41) is 13.1.